The molecule has 0 aliphatic heterocycles. The van der Waals surface area contributed by atoms with Crippen LogP contribution in [0, 0.1) is 5.92 Å². The van der Waals surface area contributed by atoms with E-state index in [4.69, 9.17) is 14.0 Å². The Morgan fingerprint density at radius 1 is 1.48 bits per heavy atom. The van der Waals surface area contributed by atoms with Crippen molar-refractivity contribution in [1.82, 2.24) is 20.4 Å². The largest absolute Gasteiger partial charge is 0.379 e. The molecule has 144 valence electrons. The number of aliphatic imine (C=N–C) groups is 1. The molecule has 1 unspecified atom stereocenters. The molecule has 0 saturated heterocycles. The van der Waals surface area contributed by atoms with E-state index in [1.165, 1.54) is 12.8 Å². The Labute approximate surface area is 166 Å². The SMILES string of the molecule is CCOC(C)c1noc(CNC(=NC)N(C)CCOCC2CC2)n1.I. The minimum Gasteiger partial charge on any atom is -0.379 e. The van der Waals surface area contributed by atoms with E-state index in [0.717, 1.165) is 25.0 Å². The van der Waals surface area contributed by atoms with E-state index in [1.54, 1.807) is 7.05 Å². The highest BCUT2D eigenvalue weighted by Crippen LogP contribution is 2.28. The van der Waals surface area contributed by atoms with Crippen molar-refractivity contribution < 1.29 is 14.0 Å². The first kappa shape index (κ1) is 22.1. The molecule has 1 aliphatic carbocycles. The van der Waals surface area contributed by atoms with Gasteiger partial charge in [-0.2, -0.15) is 4.98 Å². The second-order valence-corrected chi connectivity index (χ2v) is 5.98. The molecule has 0 radical (unpaired) electrons. The molecular formula is C16H30IN5O3. The molecule has 0 amide bonds. The molecule has 8 nitrogen and oxygen atoms in total. The lowest BCUT2D eigenvalue weighted by molar-refractivity contribution is 0.0683. The van der Waals surface area contributed by atoms with Gasteiger partial charge in [-0.15, -0.1) is 24.0 Å². The maximum Gasteiger partial charge on any atom is 0.246 e. The number of likely N-dealkylation sites (N-methyl/N-ethyl adjacent to an activating group) is 1. The average molecular weight is 467 g/mol. The van der Waals surface area contributed by atoms with Gasteiger partial charge in [0.15, 0.2) is 11.8 Å². The zero-order chi connectivity index (χ0) is 17.4. The summed E-state index contributed by atoms with van der Waals surface area (Å²) in [4.78, 5) is 10.6. The van der Waals surface area contributed by atoms with E-state index < -0.39 is 0 Å². The van der Waals surface area contributed by atoms with E-state index in [1.807, 2.05) is 25.8 Å². The normalized spacial score (nSPS) is 15.6. The van der Waals surface area contributed by atoms with Crippen molar-refractivity contribution in [3.8, 4) is 0 Å². The molecular weight excluding hydrogens is 437 g/mol. The smallest absolute Gasteiger partial charge is 0.246 e. The van der Waals surface area contributed by atoms with Gasteiger partial charge in [0.2, 0.25) is 5.89 Å². The van der Waals surface area contributed by atoms with Crippen LogP contribution < -0.4 is 5.32 Å². The third-order valence-corrected chi connectivity index (χ3v) is 3.86. The first-order valence-electron chi connectivity index (χ1n) is 8.57. The molecule has 0 bridgehead atoms. The van der Waals surface area contributed by atoms with Gasteiger partial charge in [0.05, 0.1) is 13.2 Å². The molecule has 25 heavy (non-hydrogen) atoms. The van der Waals surface area contributed by atoms with E-state index >= 15 is 0 Å². The van der Waals surface area contributed by atoms with Gasteiger partial charge in [0, 0.05) is 33.9 Å². The van der Waals surface area contributed by atoms with Crippen LogP contribution in [0.1, 0.15) is 44.5 Å². The summed E-state index contributed by atoms with van der Waals surface area (Å²) in [6.07, 6.45) is 2.46. The standard InChI is InChI=1S/C16H29N5O3.HI/c1-5-23-12(2)15-19-14(24-20-15)10-18-16(17-3)21(4)8-9-22-11-13-6-7-13;/h12-13H,5-11H2,1-4H3,(H,17,18);1H. The Bertz CT molecular complexity index is 522. The number of hydrogen-bond donors (Lipinski definition) is 1. The first-order valence-corrected chi connectivity index (χ1v) is 8.57. The molecule has 1 saturated carbocycles. The summed E-state index contributed by atoms with van der Waals surface area (Å²) in [5.74, 6) is 2.63. The lowest BCUT2D eigenvalue weighted by atomic mass is 10.4. The summed E-state index contributed by atoms with van der Waals surface area (Å²) >= 11 is 0. The van der Waals surface area contributed by atoms with Crippen molar-refractivity contribution in [3.63, 3.8) is 0 Å². The maximum atomic E-state index is 5.66. The summed E-state index contributed by atoms with van der Waals surface area (Å²) in [5, 5.41) is 7.16. The summed E-state index contributed by atoms with van der Waals surface area (Å²) in [6.45, 7) is 7.23. The number of aromatic nitrogens is 2. The van der Waals surface area contributed by atoms with Gasteiger partial charge in [0.25, 0.3) is 0 Å². The van der Waals surface area contributed by atoms with Crippen LogP contribution >= 0.6 is 24.0 Å². The summed E-state index contributed by atoms with van der Waals surface area (Å²) in [7, 11) is 3.73. The molecule has 1 heterocycles. The van der Waals surface area contributed by atoms with Crippen molar-refractivity contribution in [2.75, 3.05) is 40.5 Å². The Kier molecular flexibility index (Phi) is 10.3. The summed E-state index contributed by atoms with van der Waals surface area (Å²) in [6, 6.07) is 0. The molecule has 1 N–H and O–H groups in total. The third-order valence-electron chi connectivity index (χ3n) is 3.86. The van der Waals surface area contributed by atoms with Gasteiger partial charge in [-0.3, -0.25) is 4.99 Å². The molecule has 0 spiro atoms. The van der Waals surface area contributed by atoms with Gasteiger partial charge in [-0.1, -0.05) is 5.16 Å². The minimum atomic E-state index is -0.168. The van der Waals surface area contributed by atoms with Gasteiger partial charge in [-0.05, 0) is 32.6 Å². The van der Waals surface area contributed by atoms with Crippen LogP contribution in [0.4, 0.5) is 0 Å². The zero-order valence-corrected chi connectivity index (χ0v) is 17.9. The van der Waals surface area contributed by atoms with Crippen LogP contribution in [0.5, 0.6) is 0 Å². The number of nitrogens with zero attached hydrogens (tertiary/aromatic N) is 4. The number of ether oxygens (including phenoxy) is 2. The Morgan fingerprint density at radius 2 is 2.24 bits per heavy atom. The molecule has 1 aliphatic rings. The van der Waals surface area contributed by atoms with E-state index in [2.05, 4.69) is 20.4 Å². The van der Waals surface area contributed by atoms with Crippen LogP contribution in [0.15, 0.2) is 9.52 Å². The highest BCUT2D eigenvalue weighted by Gasteiger charge is 2.21. The summed E-state index contributed by atoms with van der Waals surface area (Å²) in [5.41, 5.74) is 0. The highest BCUT2D eigenvalue weighted by molar-refractivity contribution is 14.0. The van der Waals surface area contributed by atoms with Gasteiger partial charge in [0.1, 0.15) is 6.10 Å². The lowest BCUT2D eigenvalue weighted by Crippen LogP contribution is -2.40. The average Bonchev–Trinajstić information content (AvgIpc) is 3.28. The van der Waals surface area contributed by atoms with E-state index in [-0.39, 0.29) is 30.1 Å². The maximum absolute atomic E-state index is 5.66. The number of halogens is 1. The van der Waals surface area contributed by atoms with Gasteiger partial charge < -0.3 is 24.2 Å². The van der Waals surface area contributed by atoms with Crippen LogP contribution in [0.3, 0.4) is 0 Å². The van der Waals surface area contributed by atoms with Crippen molar-refractivity contribution >= 4 is 29.9 Å². The van der Waals surface area contributed by atoms with Crippen molar-refractivity contribution in [2.45, 2.75) is 39.3 Å². The number of hydrogen-bond acceptors (Lipinski definition) is 6. The molecule has 1 aromatic heterocycles. The fourth-order valence-corrected chi connectivity index (χ4v) is 2.21. The Balaban J connectivity index is 0.00000312. The zero-order valence-electron chi connectivity index (χ0n) is 15.5. The van der Waals surface area contributed by atoms with E-state index in [9.17, 15) is 0 Å². The van der Waals surface area contributed by atoms with Crippen molar-refractivity contribution in [1.29, 1.82) is 0 Å². The molecule has 1 atom stereocenters. The second kappa shape index (κ2) is 11.6. The predicted octanol–water partition coefficient (Wildman–Crippen LogP) is 2.22. The number of rotatable bonds is 10. The highest BCUT2D eigenvalue weighted by atomic mass is 127. The van der Waals surface area contributed by atoms with Gasteiger partial charge >= 0.3 is 0 Å². The molecule has 2 rings (SSSR count). The fourth-order valence-electron chi connectivity index (χ4n) is 2.21. The molecule has 9 heteroatoms. The quantitative estimate of drug-likeness (QED) is 0.245. The van der Waals surface area contributed by atoms with E-state index in [0.29, 0.717) is 31.5 Å². The summed E-state index contributed by atoms with van der Waals surface area (Å²) < 4.78 is 16.3. The topological polar surface area (TPSA) is 85.0 Å². The van der Waals surface area contributed by atoms with Gasteiger partial charge in [-0.25, -0.2) is 0 Å². The Morgan fingerprint density at radius 3 is 2.88 bits per heavy atom. The molecule has 1 fully saturated rings. The van der Waals surface area contributed by atoms with Crippen LogP contribution in [-0.2, 0) is 16.0 Å². The van der Waals surface area contributed by atoms with Crippen molar-refractivity contribution in [2.24, 2.45) is 10.9 Å². The lowest BCUT2D eigenvalue weighted by Gasteiger charge is -2.21. The first-order chi connectivity index (χ1) is 11.6. The second-order valence-electron chi connectivity index (χ2n) is 5.98. The fraction of sp³-hybridized carbons (Fsp3) is 0.812. The number of guanidine groups is 1. The van der Waals surface area contributed by atoms with Crippen molar-refractivity contribution in [3.05, 3.63) is 11.7 Å². The number of nitrogens with one attached hydrogen (secondary N) is 1. The van der Waals surface area contributed by atoms with Crippen LogP contribution in [0.2, 0.25) is 0 Å². The van der Waals surface area contributed by atoms with Crippen LogP contribution in [-0.4, -0.2) is 61.5 Å². The minimum absolute atomic E-state index is 0. The monoisotopic (exact) mass is 467 g/mol. The predicted molar refractivity (Wildman–Crippen MR) is 106 cm³/mol. The third kappa shape index (κ3) is 7.87. The molecule has 0 aromatic carbocycles. The van der Waals surface area contributed by atoms with Crippen LogP contribution in [0.25, 0.3) is 0 Å². The molecule has 1 aromatic rings. The Hall–Kier alpha value is -0.940.